The van der Waals surface area contributed by atoms with Gasteiger partial charge in [0.2, 0.25) is 5.88 Å². The third-order valence-corrected chi connectivity index (χ3v) is 4.67. The van der Waals surface area contributed by atoms with Gasteiger partial charge in [-0.15, -0.1) is 0 Å². The highest BCUT2D eigenvalue weighted by Crippen LogP contribution is 2.32. The van der Waals surface area contributed by atoms with E-state index in [1.807, 2.05) is 24.4 Å². The summed E-state index contributed by atoms with van der Waals surface area (Å²) in [4.78, 5) is 6.86. The Morgan fingerprint density at radius 1 is 1.08 bits per heavy atom. The van der Waals surface area contributed by atoms with Crippen LogP contribution in [0.2, 0.25) is 0 Å². The molecule has 2 aromatic carbocycles. The third kappa shape index (κ3) is 3.55. The number of benzene rings is 2. The third-order valence-electron chi connectivity index (χ3n) is 4.67. The lowest BCUT2D eigenvalue weighted by atomic mass is 10.0. The van der Waals surface area contributed by atoms with Crippen molar-refractivity contribution in [2.45, 2.75) is 13.1 Å². The molecule has 4 heteroatoms. The molecule has 0 amide bonds. The van der Waals surface area contributed by atoms with Crippen molar-refractivity contribution in [2.75, 3.05) is 20.3 Å². The van der Waals surface area contributed by atoms with Gasteiger partial charge in [0, 0.05) is 31.4 Å². The van der Waals surface area contributed by atoms with E-state index in [1.54, 1.807) is 7.11 Å². The van der Waals surface area contributed by atoms with Crippen molar-refractivity contribution in [3.63, 3.8) is 0 Å². The van der Waals surface area contributed by atoms with E-state index in [0.29, 0.717) is 6.61 Å². The van der Waals surface area contributed by atoms with Gasteiger partial charge >= 0.3 is 0 Å². The zero-order valence-corrected chi connectivity index (χ0v) is 14.9. The SMILES string of the molecule is COc1cccc(CN2CCOc3nccc(-c4ccccc4)c3C2)c1. The smallest absolute Gasteiger partial charge is 0.218 e. The van der Waals surface area contributed by atoms with Crippen LogP contribution in [-0.2, 0) is 13.1 Å². The Morgan fingerprint density at radius 3 is 2.81 bits per heavy atom. The van der Waals surface area contributed by atoms with Crippen molar-refractivity contribution in [2.24, 2.45) is 0 Å². The normalized spacial score (nSPS) is 14.2. The van der Waals surface area contributed by atoms with Crippen LogP contribution >= 0.6 is 0 Å². The fourth-order valence-electron chi connectivity index (χ4n) is 3.38. The zero-order valence-electron chi connectivity index (χ0n) is 14.9. The Labute approximate surface area is 154 Å². The van der Waals surface area contributed by atoms with Gasteiger partial charge in [-0.25, -0.2) is 4.98 Å². The number of hydrogen-bond donors (Lipinski definition) is 0. The average Bonchev–Trinajstić information content (AvgIpc) is 2.90. The van der Waals surface area contributed by atoms with Crippen molar-refractivity contribution in [1.29, 1.82) is 0 Å². The van der Waals surface area contributed by atoms with Gasteiger partial charge in [-0.05, 0) is 34.9 Å². The molecule has 0 bridgehead atoms. The standard InChI is InChI=1S/C22H22N2O2/c1-25-19-9-5-6-17(14-19)15-24-12-13-26-22-21(16-24)20(10-11-23-22)18-7-3-2-4-8-18/h2-11,14H,12-13,15-16H2,1H3. The number of methoxy groups -OCH3 is 1. The zero-order chi connectivity index (χ0) is 17.8. The number of hydrogen-bond acceptors (Lipinski definition) is 4. The average molecular weight is 346 g/mol. The van der Waals surface area contributed by atoms with Crippen molar-refractivity contribution >= 4 is 0 Å². The molecule has 1 aliphatic heterocycles. The summed E-state index contributed by atoms with van der Waals surface area (Å²) in [5.74, 6) is 1.64. The second-order valence-corrected chi connectivity index (χ2v) is 6.42. The lowest BCUT2D eigenvalue weighted by Gasteiger charge is -2.20. The lowest BCUT2D eigenvalue weighted by molar-refractivity contribution is 0.217. The van der Waals surface area contributed by atoms with Crippen molar-refractivity contribution in [3.8, 4) is 22.8 Å². The molecule has 0 spiro atoms. The number of ether oxygens (including phenoxy) is 2. The fraction of sp³-hybridized carbons (Fsp3) is 0.227. The Bertz CT molecular complexity index is 880. The van der Waals surface area contributed by atoms with E-state index in [1.165, 1.54) is 16.7 Å². The molecule has 0 N–H and O–H groups in total. The van der Waals surface area contributed by atoms with Crippen molar-refractivity contribution < 1.29 is 9.47 Å². The molecular formula is C22H22N2O2. The largest absolute Gasteiger partial charge is 0.497 e. The molecular weight excluding hydrogens is 324 g/mol. The van der Waals surface area contributed by atoms with E-state index >= 15 is 0 Å². The monoisotopic (exact) mass is 346 g/mol. The molecule has 0 fully saturated rings. The Balaban J connectivity index is 1.63. The first kappa shape index (κ1) is 16.6. The highest BCUT2D eigenvalue weighted by atomic mass is 16.5. The highest BCUT2D eigenvalue weighted by Gasteiger charge is 2.20. The van der Waals surface area contributed by atoms with Gasteiger partial charge in [0.25, 0.3) is 0 Å². The molecule has 3 aromatic rings. The first-order valence-corrected chi connectivity index (χ1v) is 8.85. The molecule has 0 unspecified atom stereocenters. The summed E-state index contributed by atoms with van der Waals surface area (Å²) in [5.41, 5.74) is 4.77. The first-order chi connectivity index (χ1) is 12.8. The number of nitrogens with zero attached hydrogens (tertiary/aromatic N) is 2. The van der Waals surface area contributed by atoms with Crippen LogP contribution in [0.4, 0.5) is 0 Å². The van der Waals surface area contributed by atoms with Gasteiger partial charge in [-0.3, -0.25) is 4.90 Å². The number of pyridine rings is 1. The first-order valence-electron chi connectivity index (χ1n) is 8.85. The lowest BCUT2D eigenvalue weighted by Crippen LogP contribution is -2.25. The molecule has 132 valence electrons. The van der Waals surface area contributed by atoms with Crippen LogP contribution in [0.25, 0.3) is 11.1 Å². The second kappa shape index (κ2) is 7.58. The summed E-state index contributed by atoms with van der Waals surface area (Å²) < 4.78 is 11.3. The van der Waals surface area contributed by atoms with Crippen LogP contribution < -0.4 is 9.47 Å². The molecule has 0 saturated heterocycles. The van der Waals surface area contributed by atoms with E-state index in [9.17, 15) is 0 Å². The maximum absolute atomic E-state index is 5.95. The van der Waals surface area contributed by atoms with Gasteiger partial charge in [0.05, 0.1) is 7.11 Å². The van der Waals surface area contributed by atoms with E-state index in [2.05, 4.69) is 52.3 Å². The molecule has 0 atom stereocenters. The molecule has 1 aromatic heterocycles. The second-order valence-electron chi connectivity index (χ2n) is 6.42. The van der Waals surface area contributed by atoms with E-state index in [-0.39, 0.29) is 0 Å². The minimum absolute atomic E-state index is 0.641. The van der Waals surface area contributed by atoms with Gasteiger partial charge in [0.1, 0.15) is 12.4 Å². The Hall–Kier alpha value is -2.85. The van der Waals surface area contributed by atoms with E-state index in [4.69, 9.17) is 9.47 Å². The summed E-state index contributed by atoms with van der Waals surface area (Å²) in [6.07, 6.45) is 1.83. The predicted octanol–water partition coefficient (Wildman–Crippen LogP) is 4.15. The van der Waals surface area contributed by atoms with Crippen LogP contribution in [0.5, 0.6) is 11.6 Å². The summed E-state index contributed by atoms with van der Waals surface area (Å²) in [6.45, 7) is 3.16. The van der Waals surface area contributed by atoms with Crippen LogP contribution in [0.1, 0.15) is 11.1 Å². The summed E-state index contributed by atoms with van der Waals surface area (Å²) in [7, 11) is 1.70. The quantitative estimate of drug-likeness (QED) is 0.711. The van der Waals surface area contributed by atoms with Gasteiger partial charge in [-0.2, -0.15) is 0 Å². The van der Waals surface area contributed by atoms with Crippen molar-refractivity contribution in [3.05, 3.63) is 78.0 Å². The van der Waals surface area contributed by atoms with Crippen LogP contribution in [-0.4, -0.2) is 30.1 Å². The Kier molecular flexibility index (Phi) is 4.84. The maximum Gasteiger partial charge on any atom is 0.218 e. The van der Waals surface area contributed by atoms with Crippen LogP contribution in [0.3, 0.4) is 0 Å². The molecule has 4 rings (SSSR count). The van der Waals surface area contributed by atoms with Crippen LogP contribution in [0.15, 0.2) is 66.9 Å². The molecule has 26 heavy (non-hydrogen) atoms. The molecule has 0 saturated carbocycles. The number of aromatic nitrogens is 1. The van der Waals surface area contributed by atoms with Gasteiger partial charge in [-0.1, -0.05) is 42.5 Å². The predicted molar refractivity (Wildman–Crippen MR) is 102 cm³/mol. The molecule has 0 radical (unpaired) electrons. The topological polar surface area (TPSA) is 34.6 Å². The minimum atomic E-state index is 0.641. The van der Waals surface area contributed by atoms with Gasteiger partial charge in [0.15, 0.2) is 0 Å². The van der Waals surface area contributed by atoms with E-state index in [0.717, 1.165) is 36.8 Å². The number of rotatable bonds is 4. The number of fused-ring (bicyclic) bond motifs is 1. The molecule has 2 heterocycles. The summed E-state index contributed by atoms with van der Waals surface area (Å²) >= 11 is 0. The fourth-order valence-corrected chi connectivity index (χ4v) is 3.38. The summed E-state index contributed by atoms with van der Waals surface area (Å²) in [5, 5.41) is 0. The summed E-state index contributed by atoms with van der Waals surface area (Å²) in [6, 6.07) is 20.7. The maximum atomic E-state index is 5.95. The molecule has 0 aliphatic carbocycles. The minimum Gasteiger partial charge on any atom is -0.497 e. The van der Waals surface area contributed by atoms with Crippen LogP contribution in [0, 0.1) is 0 Å². The molecule has 4 nitrogen and oxygen atoms in total. The van der Waals surface area contributed by atoms with Crippen molar-refractivity contribution in [1.82, 2.24) is 9.88 Å². The highest BCUT2D eigenvalue weighted by molar-refractivity contribution is 5.68. The van der Waals surface area contributed by atoms with E-state index < -0.39 is 0 Å². The van der Waals surface area contributed by atoms with Gasteiger partial charge < -0.3 is 9.47 Å². The molecule has 1 aliphatic rings. The Morgan fingerprint density at radius 2 is 1.96 bits per heavy atom.